The summed E-state index contributed by atoms with van der Waals surface area (Å²) in [7, 11) is 0. The second kappa shape index (κ2) is 5.20. The van der Waals surface area contributed by atoms with Crippen LogP contribution in [-0.2, 0) is 13.0 Å². The van der Waals surface area contributed by atoms with Gasteiger partial charge >= 0.3 is 5.97 Å². The van der Waals surface area contributed by atoms with Crippen molar-refractivity contribution in [2.75, 3.05) is 11.4 Å². The molecule has 2 aromatic rings. The lowest BCUT2D eigenvalue weighted by Gasteiger charge is -2.32. The Morgan fingerprint density at radius 2 is 1.95 bits per heavy atom. The Hall–Kier alpha value is -2.36. The molecule has 0 saturated heterocycles. The molecule has 4 heteroatoms. The number of hydrogen-bond donors (Lipinski definition) is 1. The third-order valence-electron chi connectivity index (χ3n) is 3.99. The molecular formula is C17H18N2O2. The van der Waals surface area contributed by atoms with Crippen LogP contribution in [0.4, 0.5) is 5.69 Å². The number of fused-ring (bicyclic) bond motifs is 1. The van der Waals surface area contributed by atoms with Crippen LogP contribution in [0.15, 0.2) is 30.3 Å². The first-order chi connectivity index (χ1) is 10.1. The van der Waals surface area contributed by atoms with Gasteiger partial charge in [0.05, 0.1) is 11.4 Å². The maximum atomic E-state index is 11.6. The van der Waals surface area contributed by atoms with E-state index in [2.05, 4.69) is 28.1 Å². The second-order valence-corrected chi connectivity index (χ2v) is 5.49. The van der Waals surface area contributed by atoms with Crippen LogP contribution in [0.25, 0.3) is 0 Å². The summed E-state index contributed by atoms with van der Waals surface area (Å²) in [5, 5.41) is 9.50. The van der Waals surface area contributed by atoms with Crippen LogP contribution in [0.3, 0.4) is 0 Å². The van der Waals surface area contributed by atoms with Crippen molar-refractivity contribution < 1.29 is 9.90 Å². The summed E-state index contributed by atoms with van der Waals surface area (Å²) >= 11 is 0. The Bertz CT molecular complexity index is 710. The Kier molecular flexibility index (Phi) is 3.37. The number of pyridine rings is 1. The number of aromatic carboxylic acids is 1. The number of carboxylic acid groups (broad SMARTS) is 1. The number of aromatic nitrogens is 1. The molecule has 0 spiro atoms. The van der Waals surface area contributed by atoms with E-state index in [1.54, 1.807) is 6.92 Å². The van der Waals surface area contributed by atoms with Gasteiger partial charge in [0, 0.05) is 18.8 Å². The van der Waals surface area contributed by atoms with Gasteiger partial charge in [-0.1, -0.05) is 24.3 Å². The molecule has 0 amide bonds. The van der Waals surface area contributed by atoms with Crippen molar-refractivity contribution in [3.63, 3.8) is 0 Å². The van der Waals surface area contributed by atoms with E-state index in [9.17, 15) is 9.90 Å². The van der Waals surface area contributed by atoms with Gasteiger partial charge in [-0.05, 0) is 37.5 Å². The highest BCUT2D eigenvalue weighted by molar-refractivity contribution is 5.95. The zero-order valence-electron chi connectivity index (χ0n) is 12.3. The largest absolute Gasteiger partial charge is 0.478 e. The summed E-state index contributed by atoms with van der Waals surface area (Å²) in [6, 6.07) is 10.2. The summed E-state index contributed by atoms with van der Waals surface area (Å²) in [6.07, 6.45) is 0.940. The fraction of sp³-hybridized carbons (Fsp3) is 0.294. The zero-order valence-corrected chi connectivity index (χ0v) is 12.3. The van der Waals surface area contributed by atoms with Crippen molar-refractivity contribution in [3.05, 3.63) is 58.4 Å². The van der Waals surface area contributed by atoms with Crippen molar-refractivity contribution in [2.24, 2.45) is 0 Å². The van der Waals surface area contributed by atoms with Gasteiger partial charge in [0.1, 0.15) is 5.56 Å². The van der Waals surface area contributed by atoms with Crippen LogP contribution in [0.5, 0.6) is 0 Å². The van der Waals surface area contributed by atoms with Crippen LogP contribution in [0.2, 0.25) is 0 Å². The van der Waals surface area contributed by atoms with Gasteiger partial charge in [-0.3, -0.25) is 4.98 Å². The first-order valence-corrected chi connectivity index (χ1v) is 7.09. The fourth-order valence-electron chi connectivity index (χ4n) is 3.02. The van der Waals surface area contributed by atoms with Crippen LogP contribution in [0, 0.1) is 13.8 Å². The summed E-state index contributed by atoms with van der Waals surface area (Å²) in [5.41, 5.74) is 5.16. The smallest absolute Gasteiger partial charge is 0.339 e. The molecule has 1 N–H and O–H groups in total. The highest BCUT2D eigenvalue weighted by Gasteiger charge is 2.23. The lowest BCUT2D eigenvalue weighted by atomic mass is 9.98. The highest BCUT2D eigenvalue weighted by atomic mass is 16.4. The number of carbonyl (C=O) groups is 1. The molecule has 0 bridgehead atoms. The minimum absolute atomic E-state index is 0.319. The van der Waals surface area contributed by atoms with Crippen molar-refractivity contribution >= 4 is 11.7 Å². The Morgan fingerprint density at radius 3 is 2.67 bits per heavy atom. The van der Waals surface area contributed by atoms with Crippen molar-refractivity contribution in [3.8, 4) is 0 Å². The number of rotatable bonds is 2. The fourth-order valence-corrected chi connectivity index (χ4v) is 3.02. The molecule has 1 aliphatic rings. The van der Waals surface area contributed by atoms with Gasteiger partial charge in [-0.2, -0.15) is 0 Å². The molecule has 4 nitrogen and oxygen atoms in total. The normalized spacial score (nSPS) is 13.9. The quantitative estimate of drug-likeness (QED) is 0.920. The second-order valence-electron chi connectivity index (χ2n) is 5.49. The van der Waals surface area contributed by atoms with E-state index in [4.69, 9.17) is 0 Å². The zero-order chi connectivity index (χ0) is 15.0. The molecule has 0 unspecified atom stereocenters. The molecule has 0 aliphatic carbocycles. The van der Waals surface area contributed by atoms with E-state index in [1.165, 1.54) is 11.1 Å². The topological polar surface area (TPSA) is 53.4 Å². The van der Waals surface area contributed by atoms with Gasteiger partial charge in [0.15, 0.2) is 0 Å². The molecule has 0 atom stereocenters. The predicted octanol–water partition coefficient (Wildman–Crippen LogP) is 2.96. The van der Waals surface area contributed by atoms with Crippen molar-refractivity contribution in [1.29, 1.82) is 0 Å². The van der Waals surface area contributed by atoms with Gasteiger partial charge in [0.25, 0.3) is 0 Å². The number of aryl methyl sites for hydroxylation is 2. The SMILES string of the molecule is Cc1cc(N2CCc3ccccc3C2)c(C(=O)O)c(C)n1. The van der Waals surface area contributed by atoms with Crippen LogP contribution >= 0.6 is 0 Å². The molecule has 0 fully saturated rings. The van der Waals surface area contributed by atoms with Crippen LogP contribution in [-0.4, -0.2) is 22.6 Å². The number of benzene rings is 1. The molecule has 108 valence electrons. The van der Waals surface area contributed by atoms with Gasteiger partial charge in [0.2, 0.25) is 0 Å². The number of nitrogens with zero attached hydrogens (tertiary/aromatic N) is 2. The van der Waals surface area contributed by atoms with Gasteiger partial charge in [-0.25, -0.2) is 4.79 Å². The molecule has 3 rings (SSSR count). The first-order valence-electron chi connectivity index (χ1n) is 7.09. The maximum Gasteiger partial charge on any atom is 0.339 e. The molecule has 2 heterocycles. The minimum Gasteiger partial charge on any atom is -0.478 e. The number of carboxylic acids is 1. The standard InChI is InChI=1S/C17H18N2O2/c1-11-9-15(16(17(20)21)12(2)18-11)19-8-7-13-5-3-4-6-14(13)10-19/h3-6,9H,7-8,10H2,1-2H3,(H,20,21). The summed E-state index contributed by atoms with van der Waals surface area (Å²) < 4.78 is 0. The van der Waals surface area contributed by atoms with Gasteiger partial charge < -0.3 is 10.0 Å². The first kappa shape index (κ1) is 13.6. The van der Waals surface area contributed by atoms with Gasteiger partial charge in [-0.15, -0.1) is 0 Å². The summed E-state index contributed by atoms with van der Waals surface area (Å²) in [6.45, 7) is 5.25. The molecule has 0 radical (unpaired) electrons. The van der Waals surface area contributed by atoms with Crippen LogP contribution < -0.4 is 4.90 Å². The predicted molar refractivity (Wildman–Crippen MR) is 81.9 cm³/mol. The van der Waals surface area contributed by atoms with E-state index < -0.39 is 5.97 Å². The molecular weight excluding hydrogens is 264 g/mol. The molecule has 1 aromatic carbocycles. The van der Waals surface area contributed by atoms with Crippen molar-refractivity contribution in [2.45, 2.75) is 26.8 Å². The minimum atomic E-state index is -0.908. The Labute approximate surface area is 124 Å². The summed E-state index contributed by atoms with van der Waals surface area (Å²) in [5.74, 6) is -0.908. The van der Waals surface area contributed by atoms with Crippen LogP contribution in [0.1, 0.15) is 32.9 Å². The average molecular weight is 282 g/mol. The third kappa shape index (κ3) is 2.49. The van der Waals surface area contributed by atoms with E-state index in [-0.39, 0.29) is 0 Å². The Balaban J connectivity index is 2.04. The summed E-state index contributed by atoms with van der Waals surface area (Å²) in [4.78, 5) is 18.0. The van der Waals surface area contributed by atoms with E-state index >= 15 is 0 Å². The molecule has 1 aromatic heterocycles. The monoisotopic (exact) mass is 282 g/mol. The molecule has 0 saturated carbocycles. The molecule has 21 heavy (non-hydrogen) atoms. The van der Waals surface area contributed by atoms with E-state index in [0.717, 1.165) is 30.9 Å². The number of anilines is 1. The lowest BCUT2D eigenvalue weighted by molar-refractivity contribution is 0.0696. The third-order valence-corrected chi connectivity index (χ3v) is 3.99. The Morgan fingerprint density at radius 1 is 1.24 bits per heavy atom. The molecule has 1 aliphatic heterocycles. The highest BCUT2D eigenvalue weighted by Crippen LogP contribution is 2.29. The van der Waals surface area contributed by atoms with Crippen molar-refractivity contribution in [1.82, 2.24) is 4.98 Å². The average Bonchev–Trinajstić information content (AvgIpc) is 2.45. The van der Waals surface area contributed by atoms with E-state index in [1.807, 2.05) is 19.1 Å². The van der Waals surface area contributed by atoms with E-state index in [0.29, 0.717) is 11.3 Å². The lowest BCUT2D eigenvalue weighted by Crippen LogP contribution is -2.32. The maximum absolute atomic E-state index is 11.6. The number of hydrogen-bond acceptors (Lipinski definition) is 3.